The lowest BCUT2D eigenvalue weighted by molar-refractivity contribution is -0.0222. The van der Waals surface area contributed by atoms with E-state index in [1.807, 2.05) is 6.92 Å². The second kappa shape index (κ2) is 14.6. The first-order valence-electron chi connectivity index (χ1n) is 11.4. The van der Waals surface area contributed by atoms with E-state index in [0.29, 0.717) is 36.1 Å². The van der Waals surface area contributed by atoms with Crippen LogP contribution >= 0.6 is 50.4 Å². The van der Waals surface area contributed by atoms with Gasteiger partial charge in [-0.1, -0.05) is 0 Å². The summed E-state index contributed by atoms with van der Waals surface area (Å²) >= 11 is 6.46. The van der Waals surface area contributed by atoms with Crippen molar-refractivity contribution in [2.45, 2.75) is 68.0 Å². The summed E-state index contributed by atoms with van der Waals surface area (Å²) in [5.74, 6) is 0.0145. The zero-order chi connectivity index (χ0) is 25.5. The topological polar surface area (TPSA) is 139 Å². The number of hydrogen-bond donors (Lipinski definition) is 3. The summed E-state index contributed by atoms with van der Waals surface area (Å²) in [4.78, 5) is 20.6. The van der Waals surface area contributed by atoms with Gasteiger partial charge in [-0.15, -0.1) is 11.8 Å². The quantitative estimate of drug-likeness (QED) is 0.111. The lowest BCUT2D eigenvalue weighted by Gasteiger charge is -2.24. The molecule has 3 fully saturated rings. The van der Waals surface area contributed by atoms with Crippen molar-refractivity contribution in [3.05, 3.63) is 0 Å². The van der Waals surface area contributed by atoms with E-state index in [2.05, 4.69) is 12.6 Å². The van der Waals surface area contributed by atoms with Crippen molar-refractivity contribution >= 4 is 58.2 Å². The van der Waals surface area contributed by atoms with Crippen LogP contribution in [0.1, 0.15) is 26.2 Å². The maximum Gasteiger partial charge on any atom is 0.472 e. The summed E-state index contributed by atoms with van der Waals surface area (Å²) in [5, 5.41) is 0.751. The maximum absolute atomic E-state index is 12.7. The normalized spacial score (nSPS) is 36.9. The molecule has 3 aliphatic rings. The predicted octanol–water partition coefficient (Wildman–Crippen LogP) is 2.59. The minimum atomic E-state index is -4.40. The molecule has 0 amide bonds. The Labute approximate surface area is 221 Å². The van der Waals surface area contributed by atoms with Crippen molar-refractivity contribution in [2.24, 2.45) is 0 Å². The molecule has 35 heavy (non-hydrogen) atoms. The molecule has 0 saturated carbocycles. The summed E-state index contributed by atoms with van der Waals surface area (Å²) in [7, 11) is 1.40. The standard InChI is InChI=1S/C18H33BO11P2S3/c1-2-24-8-14-13(7-18(19)28-14)30-32(22,23)35-10-16-12(3-5-26-16)29-31(20,21)27-9-15-17(34-11-33)4-6-25-15/h12-18,33H,2-11H2,1H3,(H,20,21)(H,22,23). The van der Waals surface area contributed by atoms with Crippen LogP contribution in [0, 0.1) is 0 Å². The van der Waals surface area contributed by atoms with Gasteiger partial charge in [0.2, 0.25) is 0 Å². The Balaban J connectivity index is 1.46. The Kier molecular flexibility index (Phi) is 12.8. The van der Waals surface area contributed by atoms with Gasteiger partial charge in [0.15, 0.2) is 0 Å². The molecule has 3 heterocycles. The first-order valence-corrected chi connectivity index (χ1v) is 17.7. The average Bonchev–Trinajstić information content (AvgIpc) is 3.50. The van der Waals surface area contributed by atoms with Gasteiger partial charge in [0.25, 0.3) is 0 Å². The smallest absolute Gasteiger partial charge is 0.380 e. The van der Waals surface area contributed by atoms with Crippen molar-refractivity contribution in [2.75, 3.05) is 43.9 Å². The Morgan fingerprint density at radius 3 is 2.54 bits per heavy atom. The van der Waals surface area contributed by atoms with E-state index in [0.717, 1.165) is 6.42 Å². The highest BCUT2D eigenvalue weighted by Gasteiger charge is 2.42. The van der Waals surface area contributed by atoms with E-state index in [4.69, 9.17) is 40.4 Å². The third-order valence-electron chi connectivity index (χ3n) is 5.64. The Bertz CT molecular complexity index is 756. The molecule has 0 aromatic heterocycles. The lowest BCUT2D eigenvalue weighted by Crippen LogP contribution is -2.29. The SMILES string of the molecule is [B]C1CC(OP(=O)(O)SCC2OCCC2OP(=O)(O)OCC2OCCC2SCS)C(COCC)O1. The van der Waals surface area contributed by atoms with Gasteiger partial charge >= 0.3 is 14.6 Å². The molecule has 3 saturated heterocycles. The molecule has 9 atom stereocenters. The second-order valence-corrected chi connectivity index (χ2v) is 15.4. The molecule has 2 N–H and O–H groups in total. The fourth-order valence-corrected chi connectivity index (χ4v) is 9.13. The molecule has 0 bridgehead atoms. The van der Waals surface area contributed by atoms with E-state index < -0.39 is 45.0 Å². The number of thiol groups is 1. The number of rotatable bonds is 15. The van der Waals surface area contributed by atoms with Gasteiger partial charge < -0.3 is 28.7 Å². The zero-order valence-corrected chi connectivity index (χ0v) is 23.7. The molecule has 0 aromatic carbocycles. The summed E-state index contributed by atoms with van der Waals surface area (Å²) in [6.45, 7) is -0.857. The fourth-order valence-electron chi connectivity index (χ4n) is 3.95. The molecular weight excluding hydrogens is 561 g/mol. The highest BCUT2D eigenvalue weighted by Crippen LogP contribution is 2.58. The Morgan fingerprint density at radius 1 is 1.06 bits per heavy atom. The first kappa shape index (κ1) is 30.8. The van der Waals surface area contributed by atoms with E-state index in [9.17, 15) is 18.9 Å². The molecule has 2 radical (unpaired) electrons. The van der Waals surface area contributed by atoms with E-state index in [1.54, 1.807) is 11.8 Å². The molecule has 9 unspecified atom stereocenters. The third-order valence-corrected chi connectivity index (χ3v) is 11.2. The van der Waals surface area contributed by atoms with Crippen LogP contribution in [0.3, 0.4) is 0 Å². The van der Waals surface area contributed by atoms with Crippen LogP contribution < -0.4 is 0 Å². The highest BCUT2D eigenvalue weighted by molar-refractivity contribution is 8.54. The van der Waals surface area contributed by atoms with Crippen molar-refractivity contribution in [3.63, 3.8) is 0 Å². The van der Waals surface area contributed by atoms with Crippen LogP contribution in [0.5, 0.6) is 0 Å². The Morgan fingerprint density at radius 2 is 1.80 bits per heavy atom. The van der Waals surface area contributed by atoms with E-state index >= 15 is 0 Å². The van der Waals surface area contributed by atoms with Gasteiger partial charge in [-0.3, -0.25) is 13.6 Å². The molecule has 3 rings (SSSR count). The van der Waals surface area contributed by atoms with Gasteiger partial charge in [-0.25, -0.2) is 9.13 Å². The van der Waals surface area contributed by atoms with Crippen LogP contribution in [0.4, 0.5) is 0 Å². The predicted molar refractivity (Wildman–Crippen MR) is 137 cm³/mol. The summed E-state index contributed by atoms with van der Waals surface area (Å²) < 4.78 is 63.2. The summed E-state index contributed by atoms with van der Waals surface area (Å²) in [6, 6.07) is -0.605. The van der Waals surface area contributed by atoms with Gasteiger partial charge in [0, 0.05) is 48.3 Å². The second-order valence-electron chi connectivity index (χ2n) is 8.15. The fraction of sp³-hybridized carbons (Fsp3) is 1.00. The third kappa shape index (κ3) is 10.0. The van der Waals surface area contributed by atoms with Crippen LogP contribution in [0.2, 0.25) is 0 Å². The van der Waals surface area contributed by atoms with Crippen LogP contribution in [0.15, 0.2) is 0 Å². The minimum absolute atomic E-state index is 0.0145. The largest absolute Gasteiger partial charge is 0.472 e. The van der Waals surface area contributed by atoms with Crippen LogP contribution in [-0.4, -0.2) is 103 Å². The molecule has 0 spiro atoms. The maximum atomic E-state index is 12.7. The van der Waals surface area contributed by atoms with Gasteiger partial charge in [0.05, 0.1) is 37.6 Å². The van der Waals surface area contributed by atoms with Crippen molar-refractivity contribution in [3.8, 4) is 0 Å². The van der Waals surface area contributed by atoms with Gasteiger partial charge in [-0.05, 0) is 31.1 Å². The molecule has 0 aromatic rings. The number of thioether (sulfide) groups is 1. The molecule has 3 aliphatic heterocycles. The number of hydrogen-bond acceptors (Lipinski definition) is 12. The summed E-state index contributed by atoms with van der Waals surface area (Å²) in [5.41, 5.74) is 0. The van der Waals surface area contributed by atoms with Crippen LogP contribution in [-0.2, 0) is 41.6 Å². The summed E-state index contributed by atoms with van der Waals surface area (Å²) in [6.07, 6.45) is -1.60. The minimum Gasteiger partial charge on any atom is -0.380 e. The monoisotopic (exact) mass is 594 g/mol. The molecule has 202 valence electrons. The number of phosphoric ester groups is 1. The molecule has 11 nitrogen and oxygen atoms in total. The van der Waals surface area contributed by atoms with Crippen LogP contribution in [0.25, 0.3) is 0 Å². The van der Waals surface area contributed by atoms with Crippen molar-refractivity contribution in [1.29, 1.82) is 0 Å². The zero-order valence-electron chi connectivity index (χ0n) is 19.4. The first-order chi connectivity index (χ1) is 16.6. The average molecular weight is 594 g/mol. The molecule has 17 heteroatoms. The lowest BCUT2D eigenvalue weighted by atomic mass is 9.96. The van der Waals surface area contributed by atoms with Gasteiger partial charge in [0.1, 0.15) is 14.0 Å². The molecular formula is C18H33BO11P2S3. The number of phosphoric acid groups is 1. The Hall–Kier alpha value is 1.21. The number of ether oxygens (including phenoxy) is 4. The van der Waals surface area contributed by atoms with Gasteiger partial charge in [-0.2, -0.15) is 12.6 Å². The molecule has 0 aliphatic carbocycles. The highest BCUT2D eigenvalue weighted by atomic mass is 32.7. The van der Waals surface area contributed by atoms with E-state index in [-0.39, 0.29) is 43.3 Å². The van der Waals surface area contributed by atoms with Crippen molar-refractivity contribution in [1.82, 2.24) is 0 Å². The van der Waals surface area contributed by atoms with E-state index in [1.165, 1.54) is 0 Å². The van der Waals surface area contributed by atoms with Crippen molar-refractivity contribution < 1.29 is 51.4 Å².